The van der Waals surface area contributed by atoms with Crippen molar-refractivity contribution in [3.8, 4) is 0 Å². The lowest BCUT2D eigenvalue weighted by molar-refractivity contribution is 0.260. The van der Waals surface area contributed by atoms with Gasteiger partial charge in [0.15, 0.2) is 5.82 Å². The van der Waals surface area contributed by atoms with Crippen LogP contribution >= 0.6 is 0 Å². The first-order valence-corrected chi connectivity index (χ1v) is 5.25. The smallest absolute Gasteiger partial charge is 0.240 e. The third kappa shape index (κ3) is 2.90. The van der Waals surface area contributed by atoms with Gasteiger partial charge in [-0.2, -0.15) is 4.98 Å². The summed E-state index contributed by atoms with van der Waals surface area (Å²) in [6.45, 7) is 3.38. The highest BCUT2D eigenvalue weighted by molar-refractivity contribution is 5.14. The van der Waals surface area contributed by atoms with E-state index in [1.165, 1.54) is 5.56 Å². The minimum absolute atomic E-state index is 0.663. The average molecular weight is 217 g/mol. The highest BCUT2D eigenvalue weighted by Gasteiger charge is 2.06. The number of hydrogen-bond donors (Lipinski definition) is 0. The fourth-order valence-electron chi connectivity index (χ4n) is 1.59. The Bertz CT molecular complexity index is 439. The van der Waals surface area contributed by atoms with E-state index in [0.29, 0.717) is 18.3 Å². The molecule has 1 aromatic carbocycles. The van der Waals surface area contributed by atoms with Crippen molar-refractivity contribution < 1.29 is 4.52 Å². The Morgan fingerprint density at radius 2 is 1.94 bits per heavy atom. The first-order valence-electron chi connectivity index (χ1n) is 5.25. The Labute approximate surface area is 94.9 Å². The molecular formula is C12H15N3O. The quantitative estimate of drug-likeness (QED) is 0.785. The van der Waals surface area contributed by atoms with Crippen LogP contribution in [0.25, 0.3) is 0 Å². The van der Waals surface area contributed by atoms with Gasteiger partial charge in [0.2, 0.25) is 5.89 Å². The second-order valence-electron chi connectivity index (χ2n) is 3.89. The molecule has 1 heterocycles. The minimum Gasteiger partial charge on any atom is -0.338 e. The zero-order valence-corrected chi connectivity index (χ0v) is 9.55. The van der Waals surface area contributed by atoms with Crippen LogP contribution in [-0.4, -0.2) is 22.1 Å². The van der Waals surface area contributed by atoms with Crippen LogP contribution in [0.5, 0.6) is 0 Å². The molecule has 0 bridgehead atoms. The van der Waals surface area contributed by atoms with E-state index in [0.717, 1.165) is 6.54 Å². The van der Waals surface area contributed by atoms with Crippen molar-refractivity contribution in [2.75, 3.05) is 7.05 Å². The zero-order valence-electron chi connectivity index (χ0n) is 9.55. The van der Waals surface area contributed by atoms with Gasteiger partial charge in [-0.3, -0.25) is 4.90 Å². The van der Waals surface area contributed by atoms with Crippen molar-refractivity contribution >= 4 is 0 Å². The number of benzene rings is 1. The second-order valence-corrected chi connectivity index (χ2v) is 3.89. The van der Waals surface area contributed by atoms with Crippen LogP contribution in [0.1, 0.15) is 17.3 Å². The molecule has 0 fully saturated rings. The van der Waals surface area contributed by atoms with Gasteiger partial charge in [0.25, 0.3) is 0 Å². The molecule has 0 aliphatic heterocycles. The van der Waals surface area contributed by atoms with Gasteiger partial charge in [0, 0.05) is 6.54 Å². The van der Waals surface area contributed by atoms with E-state index < -0.39 is 0 Å². The number of rotatable bonds is 4. The molecule has 4 nitrogen and oxygen atoms in total. The molecule has 0 atom stereocenters. The second kappa shape index (κ2) is 4.90. The van der Waals surface area contributed by atoms with E-state index >= 15 is 0 Å². The van der Waals surface area contributed by atoms with Crippen molar-refractivity contribution in [2.45, 2.75) is 20.0 Å². The van der Waals surface area contributed by atoms with Crippen molar-refractivity contribution in [1.29, 1.82) is 0 Å². The summed E-state index contributed by atoms with van der Waals surface area (Å²) in [5, 5.41) is 3.76. The summed E-state index contributed by atoms with van der Waals surface area (Å²) in [6.07, 6.45) is 0. The van der Waals surface area contributed by atoms with E-state index in [9.17, 15) is 0 Å². The molecule has 0 saturated heterocycles. The maximum Gasteiger partial charge on any atom is 0.240 e. The topological polar surface area (TPSA) is 42.2 Å². The van der Waals surface area contributed by atoms with Gasteiger partial charge >= 0.3 is 0 Å². The summed E-state index contributed by atoms with van der Waals surface area (Å²) in [6, 6.07) is 10.3. The number of hydrogen-bond acceptors (Lipinski definition) is 4. The molecule has 0 radical (unpaired) electrons. The lowest BCUT2D eigenvalue weighted by Gasteiger charge is -2.13. The molecule has 2 rings (SSSR count). The molecule has 84 valence electrons. The molecule has 16 heavy (non-hydrogen) atoms. The van der Waals surface area contributed by atoms with E-state index in [2.05, 4.69) is 27.2 Å². The lowest BCUT2D eigenvalue weighted by atomic mass is 10.2. The third-order valence-corrected chi connectivity index (χ3v) is 2.27. The zero-order chi connectivity index (χ0) is 11.4. The van der Waals surface area contributed by atoms with Crippen molar-refractivity contribution in [3.05, 3.63) is 47.6 Å². The summed E-state index contributed by atoms with van der Waals surface area (Å²) < 4.78 is 5.07. The summed E-state index contributed by atoms with van der Waals surface area (Å²) >= 11 is 0. The Morgan fingerprint density at radius 3 is 2.56 bits per heavy atom. The summed E-state index contributed by atoms with van der Waals surface area (Å²) in [7, 11) is 2.03. The van der Waals surface area contributed by atoms with Gasteiger partial charge in [0.1, 0.15) is 0 Å². The Hall–Kier alpha value is -1.68. The minimum atomic E-state index is 0.663. The Morgan fingerprint density at radius 1 is 1.19 bits per heavy atom. The molecule has 0 amide bonds. The monoisotopic (exact) mass is 217 g/mol. The van der Waals surface area contributed by atoms with E-state index in [-0.39, 0.29) is 0 Å². The molecule has 0 aliphatic rings. The highest BCUT2D eigenvalue weighted by Crippen LogP contribution is 2.06. The van der Waals surface area contributed by atoms with Gasteiger partial charge in [-0.1, -0.05) is 35.5 Å². The predicted molar refractivity (Wildman–Crippen MR) is 60.6 cm³/mol. The maximum atomic E-state index is 5.07. The number of aromatic nitrogens is 2. The molecule has 1 aromatic heterocycles. The van der Waals surface area contributed by atoms with Crippen LogP contribution in [0, 0.1) is 6.92 Å². The summed E-state index contributed by atoms with van der Waals surface area (Å²) in [5.74, 6) is 1.35. The first-order chi connectivity index (χ1) is 7.74. The number of nitrogens with zero attached hydrogens (tertiary/aromatic N) is 3. The maximum absolute atomic E-state index is 5.07. The molecule has 4 heteroatoms. The van der Waals surface area contributed by atoms with Crippen molar-refractivity contribution in [1.82, 2.24) is 15.0 Å². The van der Waals surface area contributed by atoms with Crippen molar-refractivity contribution in [2.24, 2.45) is 0 Å². The molecule has 0 aliphatic carbocycles. The Balaban J connectivity index is 1.92. The van der Waals surface area contributed by atoms with Crippen LogP contribution in [0.3, 0.4) is 0 Å². The predicted octanol–water partition coefficient (Wildman–Crippen LogP) is 2.01. The number of aryl methyl sites for hydroxylation is 1. The van der Waals surface area contributed by atoms with Gasteiger partial charge in [0.05, 0.1) is 6.54 Å². The SMILES string of the molecule is Cc1noc(CN(C)Cc2ccccc2)n1. The summed E-state index contributed by atoms with van der Waals surface area (Å²) in [4.78, 5) is 6.31. The van der Waals surface area contributed by atoms with E-state index in [4.69, 9.17) is 4.52 Å². The van der Waals surface area contributed by atoms with Crippen LogP contribution in [0.2, 0.25) is 0 Å². The third-order valence-electron chi connectivity index (χ3n) is 2.27. The normalized spacial score (nSPS) is 10.9. The van der Waals surface area contributed by atoms with E-state index in [1.54, 1.807) is 0 Å². The Kier molecular flexibility index (Phi) is 3.31. The van der Waals surface area contributed by atoms with Crippen LogP contribution in [-0.2, 0) is 13.1 Å². The highest BCUT2D eigenvalue weighted by atomic mass is 16.5. The molecule has 0 unspecified atom stereocenters. The van der Waals surface area contributed by atoms with Crippen LogP contribution in [0.4, 0.5) is 0 Å². The van der Waals surface area contributed by atoms with Crippen LogP contribution in [0.15, 0.2) is 34.9 Å². The van der Waals surface area contributed by atoms with Crippen LogP contribution < -0.4 is 0 Å². The largest absolute Gasteiger partial charge is 0.338 e. The molecule has 0 spiro atoms. The molecule has 0 saturated carbocycles. The first kappa shape index (κ1) is 10.8. The van der Waals surface area contributed by atoms with Gasteiger partial charge < -0.3 is 4.52 Å². The van der Waals surface area contributed by atoms with E-state index in [1.807, 2.05) is 32.2 Å². The summed E-state index contributed by atoms with van der Waals surface area (Å²) in [5.41, 5.74) is 1.28. The fourth-order valence-corrected chi connectivity index (χ4v) is 1.59. The molecular weight excluding hydrogens is 202 g/mol. The van der Waals surface area contributed by atoms with Crippen molar-refractivity contribution in [3.63, 3.8) is 0 Å². The fraction of sp³-hybridized carbons (Fsp3) is 0.333. The van der Waals surface area contributed by atoms with Gasteiger partial charge in [-0.15, -0.1) is 0 Å². The average Bonchev–Trinajstić information content (AvgIpc) is 2.65. The van der Waals surface area contributed by atoms with Gasteiger partial charge in [-0.05, 0) is 19.5 Å². The van der Waals surface area contributed by atoms with Gasteiger partial charge in [-0.25, -0.2) is 0 Å². The molecule has 2 aromatic rings. The standard InChI is InChI=1S/C12H15N3O/c1-10-13-12(16-14-10)9-15(2)8-11-6-4-3-5-7-11/h3-7H,8-9H2,1-2H3. The lowest BCUT2D eigenvalue weighted by Crippen LogP contribution is -2.17. The molecule has 0 N–H and O–H groups in total.